The van der Waals surface area contributed by atoms with Gasteiger partial charge in [0.15, 0.2) is 0 Å². The number of hydrogen-bond donors (Lipinski definition) is 0. The number of piperidine rings is 1. The van der Waals surface area contributed by atoms with E-state index in [9.17, 15) is 13.2 Å². The maximum atomic E-state index is 13.0. The quantitative estimate of drug-likeness (QED) is 0.742. The second kappa shape index (κ2) is 5.40. The van der Waals surface area contributed by atoms with E-state index in [1.54, 1.807) is 0 Å². The molecule has 18 heavy (non-hydrogen) atoms. The van der Waals surface area contributed by atoms with E-state index in [1.165, 1.54) is 12.8 Å². The summed E-state index contributed by atoms with van der Waals surface area (Å²) in [6.07, 6.45) is -0.466. The first-order valence-corrected chi connectivity index (χ1v) is 7.15. The fourth-order valence-electron chi connectivity index (χ4n) is 3.21. The lowest BCUT2D eigenvalue weighted by Gasteiger charge is -2.40. The summed E-state index contributed by atoms with van der Waals surface area (Å²) in [5.74, 6) is -0.152. The topological polar surface area (TPSA) is 3.24 Å². The second-order valence-electron chi connectivity index (χ2n) is 6.53. The maximum absolute atomic E-state index is 13.0. The highest BCUT2D eigenvalue weighted by atomic mass is 19.4. The number of likely N-dealkylation sites (tertiary alicyclic amines) is 1. The van der Waals surface area contributed by atoms with Crippen LogP contribution < -0.4 is 0 Å². The highest BCUT2D eigenvalue weighted by molar-refractivity contribution is 4.87. The van der Waals surface area contributed by atoms with Gasteiger partial charge < -0.3 is 4.90 Å². The Morgan fingerprint density at radius 2 is 1.83 bits per heavy atom. The zero-order valence-corrected chi connectivity index (χ0v) is 11.3. The van der Waals surface area contributed by atoms with E-state index in [2.05, 4.69) is 4.90 Å². The molecular weight excluding hydrogens is 239 g/mol. The standard InChI is InChI=1S/C14H24F3N/c1-10(2)7-12-9-18(8-11-3-4-11)6-5-13(12)14(15,16)17/h10-13H,3-9H2,1-2H3/t12-,13+/m1/s1. The van der Waals surface area contributed by atoms with E-state index in [-0.39, 0.29) is 5.92 Å². The number of nitrogens with zero attached hydrogens (tertiary/aromatic N) is 1. The van der Waals surface area contributed by atoms with E-state index < -0.39 is 12.1 Å². The highest BCUT2D eigenvalue weighted by Crippen LogP contribution is 2.41. The van der Waals surface area contributed by atoms with Gasteiger partial charge in [-0.1, -0.05) is 13.8 Å². The van der Waals surface area contributed by atoms with Crippen LogP contribution in [0.2, 0.25) is 0 Å². The van der Waals surface area contributed by atoms with Crippen LogP contribution in [0.15, 0.2) is 0 Å². The predicted octanol–water partition coefficient (Wildman–Crippen LogP) is 3.94. The van der Waals surface area contributed by atoms with E-state index >= 15 is 0 Å². The molecule has 0 aromatic carbocycles. The molecule has 2 fully saturated rings. The van der Waals surface area contributed by atoms with Crippen molar-refractivity contribution in [2.24, 2.45) is 23.7 Å². The minimum Gasteiger partial charge on any atom is -0.303 e. The minimum absolute atomic E-state index is 0.197. The Hall–Kier alpha value is -0.250. The fourth-order valence-corrected chi connectivity index (χ4v) is 3.21. The zero-order valence-electron chi connectivity index (χ0n) is 11.3. The Morgan fingerprint density at radius 1 is 1.17 bits per heavy atom. The Labute approximate surface area is 108 Å². The van der Waals surface area contributed by atoms with Gasteiger partial charge in [0, 0.05) is 13.1 Å². The van der Waals surface area contributed by atoms with Gasteiger partial charge in [-0.25, -0.2) is 0 Å². The molecule has 0 bridgehead atoms. The molecule has 0 aromatic rings. The lowest BCUT2D eigenvalue weighted by atomic mass is 9.80. The predicted molar refractivity (Wildman–Crippen MR) is 66.3 cm³/mol. The van der Waals surface area contributed by atoms with Crippen molar-refractivity contribution >= 4 is 0 Å². The summed E-state index contributed by atoms with van der Waals surface area (Å²) in [6.45, 7) is 6.36. The summed E-state index contributed by atoms with van der Waals surface area (Å²) in [7, 11) is 0. The number of rotatable bonds is 4. The molecule has 1 nitrogen and oxygen atoms in total. The Kier molecular flexibility index (Phi) is 4.25. The van der Waals surface area contributed by atoms with E-state index in [1.807, 2.05) is 13.8 Å². The van der Waals surface area contributed by atoms with Crippen LogP contribution in [0.5, 0.6) is 0 Å². The van der Waals surface area contributed by atoms with Gasteiger partial charge in [0.2, 0.25) is 0 Å². The molecule has 2 rings (SSSR count). The summed E-state index contributed by atoms with van der Waals surface area (Å²) in [5, 5.41) is 0. The van der Waals surface area contributed by atoms with Crippen LogP contribution >= 0.6 is 0 Å². The number of alkyl halides is 3. The molecule has 106 valence electrons. The normalized spacial score (nSPS) is 31.0. The van der Waals surface area contributed by atoms with Gasteiger partial charge in [-0.2, -0.15) is 13.2 Å². The van der Waals surface area contributed by atoms with Crippen molar-refractivity contribution in [2.75, 3.05) is 19.6 Å². The molecule has 2 aliphatic rings. The van der Waals surface area contributed by atoms with Gasteiger partial charge in [-0.3, -0.25) is 0 Å². The third-order valence-corrected chi connectivity index (χ3v) is 4.23. The van der Waals surface area contributed by atoms with Gasteiger partial charge in [0.1, 0.15) is 0 Å². The average Bonchev–Trinajstić information content (AvgIpc) is 2.98. The summed E-state index contributed by atoms with van der Waals surface area (Å²) in [5.41, 5.74) is 0. The largest absolute Gasteiger partial charge is 0.392 e. The smallest absolute Gasteiger partial charge is 0.303 e. The molecule has 0 spiro atoms. The molecule has 0 aromatic heterocycles. The molecule has 1 aliphatic heterocycles. The molecule has 1 saturated carbocycles. The molecule has 0 N–H and O–H groups in total. The third kappa shape index (κ3) is 3.87. The maximum Gasteiger partial charge on any atom is 0.392 e. The number of hydrogen-bond acceptors (Lipinski definition) is 1. The van der Waals surface area contributed by atoms with Gasteiger partial charge in [-0.15, -0.1) is 0 Å². The van der Waals surface area contributed by atoms with Crippen LogP contribution in [-0.2, 0) is 0 Å². The molecule has 2 atom stereocenters. The van der Waals surface area contributed by atoms with Gasteiger partial charge >= 0.3 is 6.18 Å². The second-order valence-corrected chi connectivity index (χ2v) is 6.53. The first kappa shape index (κ1) is 14.2. The zero-order chi connectivity index (χ0) is 13.3. The molecule has 1 heterocycles. The molecule has 1 aliphatic carbocycles. The van der Waals surface area contributed by atoms with Gasteiger partial charge in [0.25, 0.3) is 0 Å². The van der Waals surface area contributed by atoms with E-state index in [0.29, 0.717) is 31.8 Å². The molecule has 4 heteroatoms. The first-order chi connectivity index (χ1) is 8.36. The van der Waals surface area contributed by atoms with Crippen molar-refractivity contribution in [3.8, 4) is 0 Å². The molecular formula is C14H24F3N. The monoisotopic (exact) mass is 263 g/mol. The van der Waals surface area contributed by atoms with Gasteiger partial charge in [-0.05, 0) is 50.0 Å². The average molecular weight is 263 g/mol. The molecule has 1 saturated heterocycles. The van der Waals surface area contributed by atoms with Crippen molar-refractivity contribution in [1.29, 1.82) is 0 Å². The van der Waals surface area contributed by atoms with Crippen molar-refractivity contribution in [3.63, 3.8) is 0 Å². The number of halogens is 3. The summed E-state index contributed by atoms with van der Waals surface area (Å²) >= 11 is 0. The van der Waals surface area contributed by atoms with Crippen molar-refractivity contribution in [1.82, 2.24) is 4.90 Å². The summed E-state index contributed by atoms with van der Waals surface area (Å²) in [6, 6.07) is 0. The summed E-state index contributed by atoms with van der Waals surface area (Å²) < 4.78 is 39.1. The Morgan fingerprint density at radius 3 is 2.33 bits per heavy atom. The van der Waals surface area contributed by atoms with Crippen LogP contribution in [0.25, 0.3) is 0 Å². The lowest BCUT2D eigenvalue weighted by molar-refractivity contribution is -0.202. The highest BCUT2D eigenvalue weighted by Gasteiger charge is 2.47. The van der Waals surface area contributed by atoms with Crippen LogP contribution in [-0.4, -0.2) is 30.7 Å². The lowest BCUT2D eigenvalue weighted by Crippen LogP contribution is -2.46. The molecule has 0 radical (unpaired) electrons. The van der Waals surface area contributed by atoms with Crippen LogP contribution in [0.1, 0.15) is 39.5 Å². The van der Waals surface area contributed by atoms with E-state index in [0.717, 1.165) is 12.5 Å². The Balaban J connectivity index is 1.95. The van der Waals surface area contributed by atoms with Gasteiger partial charge in [0.05, 0.1) is 5.92 Å². The minimum atomic E-state index is -4.01. The third-order valence-electron chi connectivity index (χ3n) is 4.23. The van der Waals surface area contributed by atoms with Crippen LogP contribution in [0.3, 0.4) is 0 Å². The molecule has 0 amide bonds. The van der Waals surface area contributed by atoms with Crippen molar-refractivity contribution in [2.45, 2.75) is 45.7 Å². The van der Waals surface area contributed by atoms with E-state index in [4.69, 9.17) is 0 Å². The first-order valence-electron chi connectivity index (χ1n) is 7.15. The van der Waals surface area contributed by atoms with Crippen molar-refractivity contribution < 1.29 is 13.2 Å². The fraction of sp³-hybridized carbons (Fsp3) is 1.00. The molecule has 0 unspecified atom stereocenters. The van der Waals surface area contributed by atoms with Crippen LogP contribution in [0.4, 0.5) is 13.2 Å². The SMILES string of the molecule is CC(C)C[C@@H]1CN(CC2CC2)CC[C@@H]1C(F)(F)F. The summed E-state index contributed by atoms with van der Waals surface area (Å²) in [4.78, 5) is 2.27. The van der Waals surface area contributed by atoms with Crippen molar-refractivity contribution in [3.05, 3.63) is 0 Å². The van der Waals surface area contributed by atoms with Crippen LogP contribution in [0, 0.1) is 23.7 Å². The Bertz CT molecular complexity index is 271.